The first kappa shape index (κ1) is 19.9. The third-order valence-corrected chi connectivity index (χ3v) is 4.46. The lowest BCUT2D eigenvalue weighted by Crippen LogP contribution is -2.59. The SMILES string of the molecule is CC(NC(=O)c1cccs1)C(=O)NC(C)(CN)C(C)C.Cl. The van der Waals surface area contributed by atoms with Crippen molar-refractivity contribution in [2.24, 2.45) is 11.7 Å². The molecule has 0 saturated heterocycles. The van der Waals surface area contributed by atoms with Gasteiger partial charge in [-0.1, -0.05) is 19.9 Å². The van der Waals surface area contributed by atoms with Crippen LogP contribution in [-0.4, -0.2) is 29.9 Å². The van der Waals surface area contributed by atoms with E-state index in [0.29, 0.717) is 11.4 Å². The van der Waals surface area contributed by atoms with Crippen LogP contribution in [0.3, 0.4) is 0 Å². The van der Waals surface area contributed by atoms with Crippen LogP contribution in [0.5, 0.6) is 0 Å². The zero-order valence-corrected chi connectivity index (χ0v) is 14.4. The average Bonchev–Trinajstić information content (AvgIpc) is 2.91. The molecule has 1 aromatic rings. The highest BCUT2D eigenvalue weighted by molar-refractivity contribution is 7.12. The molecule has 7 heteroatoms. The van der Waals surface area contributed by atoms with Crippen molar-refractivity contribution in [3.05, 3.63) is 22.4 Å². The summed E-state index contributed by atoms with van der Waals surface area (Å²) >= 11 is 1.34. The van der Waals surface area contributed by atoms with Gasteiger partial charge >= 0.3 is 0 Å². The number of thiophene rings is 1. The fraction of sp³-hybridized carbons (Fsp3) is 0.571. The molecule has 2 unspecified atom stereocenters. The van der Waals surface area contributed by atoms with Gasteiger partial charge in [0.05, 0.1) is 10.4 Å². The third-order valence-electron chi connectivity index (χ3n) is 3.59. The van der Waals surface area contributed by atoms with E-state index in [4.69, 9.17) is 5.73 Å². The van der Waals surface area contributed by atoms with Crippen LogP contribution in [0.15, 0.2) is 17.5 Å². The number of amides is 2. The lowest BCUT2D eigenvalue weighted by molar-refractivity contribution is -0.124. The topological polar surface area (TPSA) is 84.2 Å². The Hall–Kier alpha value is -1.11. The summed E-state index contributed by atoms with van der Waals surface area (Å²) in [5, 5.41) is 7.43. The number of carbonyl (C=O) groups is 2. The third kappa shape index (κ3) is 5.30. The van der Waals surface area contributed by atoms with Gasteiger partial charge in [-0.05, 0) is 31.2 Å². The van der Waals surface area contributed by atoms with E-state index in [9.17, 15) is 9.59 Å². The summed E-state index contributed by atoms with van der Waals surface area (Å²) in [6, 6.07) is 2.92. The second-order valence-corrected chi connectivity index (χ2v) is 6.39. The molecule has 1 rings (SSSR count). The largest absolute Gasteiger partial charge is 0.348 e. The van der Waals surface area contributed by atoms with Crippen molar-refractivity contribution in [2.75, 3.05) is 6.54 Å². The van der Waals surface area contributed by atoms with Gasteiger partial charge in [-0.15, -0.1) is 23.7 Å². The van der Waals surface area contributed by atoms with Gasteiger partial charge in [-0.25, -0.2) is 0 Å². The Bertz CT molecular complexity index is 465. The van der Waals surface area contributed by atoms with E-state index in [1.807, 2.05) is 26.2 Å². The van der Waals surface area contributed by atoms with E-state index in [1.165, 1.54) is 11.3 Å². The summed E-state index contributed by atoms with van der Waals surface area (Å²) in [6.45, 7) is 7.92. The Morgan fingerprint density at radius 2 is 2.00 bits per heavy atom. The first-order valence-electron chi connectivity index (χ1n) is 6.66. The monoisotopic (exact) mass is 333 g/mol. The second-order valence-electron chi connectivity index (χ2n) is 5.44. The number of carbonyl (C=O) groups excluding carboxylic acids is 2. The molecule has 2 amide bonds. The molecule has 0 radical (unpaired) electrons. The summed E-state index contributed by atoms with van der Waals surface area (Å²) in [6.07, 6.45) is 0. The molecule has 120 valence electrons. The molecule has 1 aromatic heterocycles. The van der Waals surface area contributed by atoms with Crippen molar-refractivity contribution in [3.8, 4) is 0 Å². The van der Waals surface area contributed by atoms with Crippen molar-refractivity contribution in [2.45, 2.75) is 39.3 Å². The van der Waals surface area contributed by atoms with Crippen LogP contribution < -0.4 is 16.4 Å². The zero-order chi connectivity index (χ0) is 15.3. The standard InChI is InChI=1S/C14H23N3O2S.ClH/c1-9(2)14(4,8-15)17-12(18)10(3)16-13(19)11-6-5-7-20-11;/h5-7,9-10H,8,15H2,1-4H3,(H,16,19)(H,17,18);1H. The van der Waals surface area contributed by atoms with Crippen LogP contribution in [-0.2, 0) is 4.79 Å². The number of halogens is 1. The minimum Gasteiger partial charge on any atom is -0.348 e. The van der Waals surface area contributed by atoms with E-state index in [1.54, 1.807) is 19.1 Å². The molecule has 21 heavy (non-hydrogen) atoms. The predicted octanol–water partition coefficient (Wildman–Crippen LogP) is 1.78. The van der Waals surface area contributed by atoms with Crippen molar-refractivity contribution in [1.82, 2.24) is 10.6 Å². The molecule has 0 fully saturated rings. The van der Waals surface area contributed by atoms with Crippen LogP contribution >= 0.6 is 23.7 Å². The fourth-order valence-electron chi connectivity index (χ4n) is 1.56. The molecule has 4 N–H and O–H groups in total. The number of hydrogen-bond donors (Lipinski definition) is 3. The molecule has 0 aliphatic rings. The van der Waals surface area contributed by atoms with Gasteiger partial charge in [0, 0.05) is 6.54 Å². The number of rotatable bonds is 6. The van der Waals surface area contributed by atoms with Gasteiger partial charge in [-0.2, -0.15) is 0 Å². The lowest BCUT2D eigenvalue weighted by atomic mass is 9.88. The highest BCUT2D eigenvalue weighted by Gasteiger charge is 2.30. The predicted molar refractivity (Wildman–Crippen MR) is 88.9 cm³/mol. The molecule has 0 aliphatic carbocycles. The summed E-state index contributed by atoms with van der Waals surface area (Å²) in [5.74, 6) is -0.255. The zero-order valence-electron chi connectivity index (χ0n) is 12.8. The lowest BCUT2D eigenvalue weighted by Gasteiger charge is -2.34. The minimum absolute atomic E-state index is 0. The van der Waals surface area contributed by atoms with Crippen LogP contribution in [0.4, 0.5) is 0 Å². The molecule has 0 spiro atoms. The van der Waals surface area contributed by atoms with E-state index in [2.05, 4.69) is 10.6 Å². The van der Waals surface area contributed by atoms with Gasteiger partial charge in [0.15, 0.2) is 0 Å². The highest BCUT2D eigenvalue weighted by atomic mass is 35.5. The highest BCUT2D eigenvalue weighted by Crippen LogP contribution is 2.15. The minimum atomic E-state index is -0.603. The molecule has 2 atom stereocenters. The van der Waals surface area contributed by atoms with E-state index >= 15 is 0 Å². The van der Waals surface area contributed by atoms with Gasteiger partial charge in [0.1, 0.15) is 6.04 Å². The number of nitrogens with two attached hydrogens (primary N) is 1. The summed E-state index contributed by atoms with van der Waals surface area (Å²) < 4.78 is 0. The van der Waals surface area contributed by atoms with Crippen LogP contribution in [0, 0.1) is 5.92 Å². The summed E-state index contributed by atoms with van der Waals surface area (Å²) in [5.41, 5.74) is 5.26. The number of nitrogens with one attached hydrogen (secondary N) is 2. The Morgan fingerprint density at radius 1 is 1.38 bits per heavy atom. The van der Waals surface area contributed by atoms with Gasteiger partial charge in [0.25, 0.3) is 5.91 Å². The molecule has 5 nitrogen and oxygen atoms in total. The molecular weight excluding hydrogens is 310 g/mol. The second kappa shape index (κ2) is 8.36. The first-order chi connectivity index (χ1) is 9.30. The Morgan fingerprint density at radius 3 is 2.43 bits per heavy atom. The normalized spacial score (nSPS) is 14.8. The van der Waals surface area contributed by atoms with Gasteiger partial charge < -0.3 is 16.4 Å². The van der Waals surface area contributed by atoms with Crippen LogP contribution in [0.1, 0.15) is 37.4 Å². The molecule has 0 aliphatic heterocycles. The Balaban J connectivity index is 0.00000400. The maximum absolute atomic E-state index is 12.1. The smallest absolute Gasteiger partial charge is 0.261 e. The molecule has 0 aromatic carbocycles. The van der Waals surface area contributed by atoms with E-state index in [0.717, 1.165) is 0 Å². The van der Waals surface area contributed by atoms with E-state index < -0.39 is 11.6 Å². The summed E-state index contributed by atoms with van der Waals surface area (Å²) in [4.78, 5) is 24.6. The molecule has 0 saturated carbocycles. The van der Waals surface area contributed by atoms with Gasteiger partial charge in [0.2, 0.25) is 5.91 Å². The molecular formula is C14H24ClN3O2S. The Labute approximate surface area is 136 Å². The quantitative estimate of drug-likeness (QED) is 0.742. The maximum atomic E-state index is 12.1. The average molecular weight is 334 g/mol. The van der Waals surface area contributed by atoms with Crippen molar-refractivity contribution in [3.63, 3.8) is 0 Å². The van der Waals surface area contributed by atoms with Crippen molar-refractivity contribution < 1.29 is 9.59 Å². The molecule has 0 bridgehead atoms. The fourth-order valence-corrected chi connectivity index (χ4v) is 2.19. The Kier molecular flexibility index (Phi) is 7.92. The van der Waals surface area contributed by atoms with Crippen molar-refractivity contribution >= 4 is 35.6 Å². The summed E-state index contributed by atoms with van der Waals surface area (Å²) in [7, 11) is 0. The van der Waals surface area contributed by atoms with Crippen molar-refractivity contribution in [1.29, 1.82) is 0 Å². The maximum Gasteiger partial charge on any atom is 0.261 e. The molecule has 1 heterocycles. The van der Waals surface area contributed by atoms with Crippen LogP contribution in [0.2, 0.25) is 0 Å². The van der Waals surface area contributed by atoms with E-state index in [-0.39, 0.29) is 30.1 Å². The number of hydrogen-bond acceptors (Lipinski definition) is 4. The first-order valence-corrected chi connectivity index (χ1v) is 7.54. The van der Waals surface area contributed by atoms with Crippen LogP contribution in [0.25, 0.3) is 0 Å². The van der Waals surface area contributed by atoms with Gasteiger partial charge in [-0.3, -0.25) is 9.59 Å².